The summed E-state index contributed by atoms with van der Waals surface area (Å²) in [6, 6.07) is 3.46. The number of ether oxygens (including phenoxy) is 1. The number of benzene rings is 1. The van der Waals surface area contributed by atoms with Crippen LogP contribution in [0.1, 0.15) is 5.56 Å². The highest BCUT2D eigenvalue weighted by Crippen LogP contribution is 2.20. The Labute approximate surface area is 146 Å². The number of nitrogens with one attached hydrogen (secondary N) is 1. The molecule has 1 aromatic rings. The molecule has 0 aromatic heterocycles. The van der Waals surface area contributed by atoms with Crippen molar-refractivity contribution in [3.05, 3.63) is 34.6 Å². The Bertz CT molecular complexity index is 711. The Kier molecular flexibility index (Phi) is 6.19. The molecular weight excluding hydrogens is 359 g/mol. The summed E-state index contributed by atoms with van der Waals surface area (Å²) in [5.41, 5.74) is 0.506. The van der Waals surface area contributed by atoms with E-state index >= 15 is 0 Å². The zero-order valence-electron chi connectivity index (χ0n) is 13.5. The zero-order chi connectivity index (χ0) is 17.9. The predicted molar refractivity (Wildman–Crippen MR) is 88.8 cm³/mol. The number of amides is 1. The van der Waals surface area contributed by atoms with E-state index in [1.807, 2.05) is 0 Å². The van der Waals surface area contributed by atoms with Crippen LogP contribution in [0.5, 0.6) is 0 Å². The Morgan fingerprint density at radius 2 is 2.12 bits per heavy atom. The van der Waals surface area contributed by atoms with Crippen LogP contribution in [0.15, 0.2) is 18.2 Å². The summed E-state index contributed by atoms with van der Waals surface area (Å²) in [6.45, 7) is 0.534. The number of nitrogens with zero attached hydrogens (tertiary/aromatic N) is 1. The molecule has 1 N–H and O–H groups in total. The lowest BCUT2D eigenvalue weighted by molar-refractivity contribution is -0.121. The molecule has 1 aromatic carbocycles. The third-order valence-corrected chi connectivity index (χ3v) is 6.21. The van der Waals surface area contributed by atoms with Gasteiger partial charge >= 0.3 is 0 Å². The van der Waals surface area contributed by atoms with Gasteiger partial charge in [0, 0.05) is 25.0 Å². The lowest BCUT2D eigenvalue weighted by atomic mass is 10.1. The molecule has 1 amide bonds. The Morgan fingerprint density at radius 1 is 1.42 bits per heavy atom. The second-order valence-corrected chi connectivity index (χ2v) is 8.58. The Hall–Kier alpha value is -1.22. The van der Waals surface area contributed by atoms with Crippen LogP contribution in [-0.2, 0) is 26.0 Å². The Balaban J connectivity index is 1.97. The van der Waals surface area contributed by atoms with Crippen LogP contribution >= 0.6 is 11.6 Å². The largest absolute Gasteiger partial charge is 0.379 e. The number of rotatable bonds is 6. The van der Waals surface area contributed by atoms with Gasteiger partial charge in [0.25, 0.3) is 0 Å². The number of hydrogen-bond donors (Lipinski definition) is 1. The maximum absolute atomic E-state index is 13.0. The van der Waals surface area contributed by atoms with Crippen LogP contribution in [0.25, 0.3) is 0 Å². The average molecular weight is 379 g/mol. The molecule has 0 unspecified atom stereocenters. The first-order valence-electron chi connectivity index (χ1n) is 7.40. The van der Waals surface area contributed by atoms with Crippen LogP contribution in [0, 0.1) is 11.7 Å². The van der Waals surface area contributed by atoms with Crippen LogP contribution < -0.4 is 5.32 Å². The third-order valence-electron chi connectivity index (χ3n) is 3.89. The van der Waals surface area contributed by atoms with E-state index in [4.69, 9.17) is 16.3 Å². The maximum Gasteiger partial charge on any atom is 0.224 e. The van der Waals surface area contributed by atoms with Crippen LogP contribution in [0.3, 0.4) is 0 Å². The number of carbonyl (C=O) groups is 1. The standard InChI is InChI=1S/C15H20ClFN2O4S/c1-19(2)24(21,22)9-11-7-23-8-14(11)18-15(20)5-10-3-4-12(17)6-13(10)16/h3-4,6,11,14H,5,7-9H2,1-2H3,(H,18,20)/t11-,14-/m0/s1. The van der Waals surface area contributed by atoms with Gasteiger partial charge in [0.2, 0.25) is 15.9 Å². The first kappa shape index (κ1) is 19.1. The van der Waals surface area contributed by atoms with E-state index in [-0.39, 0.29) is 48.3 Å². The van der Waals surface area contributed by atoms with Gasteiger partial charge in [-0.2, -0.15) is 0 Å². The molecule has 1 heterocycles. The van der Waals surface area contributed by atoms with Crippen molar-refractivity contribution < 1.29 is 22.3 Å². The molecule has 0 saturated carbocycles. The molecule has 9 heteroatoms. The predicted octanol–water partition coefficient (Wildman–Crippen LogP) is 1.04. The molecule has 1 saturated heterocycles. The number of sulfonamides is 1. The summed E-state index contributed by atoms with van der Waals surface area (Å²) in [4.78, 5) is 12.2. The smallest absolute Gasteiger partial charge is 0.224 e. The number of carbonyl (C=O) groups excluding carboxylic acids is 1. The van der Waals surface area contributed by atoms with E-state index in [1.165, 1.54) is 26.2 Å². The van der Waals surface area contributed by atoms with Gasteiger partial charge in [0.1, 0.15) is 5.82 Å². The molecule has 1 aliphatic rings. The van der Waals surface area contributed by atoms with Gasteiger partial charge in [-0.05, 0) is 17.7 Å². The topological polar surface area (TPSA) is 75.7 Å². The van der Waals surface area contributed by atoms with Gasteiger partial charge in [0.15, 0.2) is 0 Å². The van der Waals surface area contributed by atoms with Gasteiger partial charge in [-0.15, -0.1) is 0 Å². The summed E-state index contributed by atoms with van der Waals surface area (Å²) in [5.74, 6) is -1.19. The van der Waals surface area contributed by atoms with Crippen molar-refractivity contribution in [3.63, 3.8) is 0 Å². The summed E-state index contributed by atoms with van der Waals surface area (Å²) >= 11 is 5.91. The van der Waals surface area contributed by atoms with Gasteiger partial charge in [-0.3, -0.25) is 4.79 Å². The number of hydrogen-bond acceptors (Lipinski definition) is 4. The molecule has 0 aliphatic carbocycles. The highest BCUT2D eigenvalue weighted by molar-refractivity contribution is 7.89. The fourth-order valence-corrected chi connectivity index (χ4v) is 3.84. The number of halogens is 2. The summed E-state index contributed by atoms with van der Waals surface area (Å²) in [6.07, 6.45) is -0.0111. The van der Waals surface area contributed by atoms with Crippen molar-refractivity contribution in [2.75, 3.05) is 33.1 Å². The average Bonchev–Trinajstić information content (AvgIpc) is 2.88. The molecule has 1 aliphatic heterocycles. The highest BCUT2D eigenvalue weighted by Gasteiger charge is 2.34. The second kappa shape index (κ2) is 7.77. The van der Waals surface area contributed by atoms with Crippen LogP contribution in [0.4, 0.5) is 4.39 Å². The minimum atomic E-state index is -3.38. The highest BCUT2D eigenvalue weighted by atomic mass is 35.5. The summed E-state index contributed by atoms with van der Waals surface area (Å²) < 4.78 is 43.5. The van der Waals surface area contributed by atoms with Crippen LogP contribution in [0.2, 0.25) is 5.02 Å². The lowest BCUT2D eigenvalue weighted by Crippen LogP contribution is -2.44. The van der Waals surface area contributed by atoms with Crippen molar-refractivity contribution >= 4 is 27.5 Å². The van der Waals surface area contributed by atoms with Crippen molar-refractivity contribution in [2.45, 2.75) is 12.5 Å². The zero-order valence-corrected chi connectivity index (χ0v) is 15.0. The van der Waals surface area contributed by atoms with Crippen LogP contribution in [-0.4, -0.2) is 57.7 Å². The maximum atomic E-state index is 13.0. The van der Waals surface area contributed by atoms with Gasteiger partial charge < -0.3 is 10.1 Å². The third kappa shape index (κ3) is 4.89. The minimum Gasteiger partial charge on any atom is -0.379 e. The molecule has 1 fully saturated rings. The van der Waals surface area contributed by atoms with Gasteiger partial charge in [0.05, 0.1) is 31.4 Å². The summed E-state index contributed by atoms with van der Waals surface area (Å²) in [7, 11) is -0.446. The molecule has 134 valence electrons. The van der Waals surface area contributed by atoms with Crippen molar-refractivity contribution in [1.29, 1.82) is 0 Å². The molecule has 24 heavy (non-hydrogen) atoms. The fraction of sp³-hybridized carbons (Fsp3) is 0.533. The lowest BCUT2D eigenvalue weighted by Gasteiger charge is -2.21. The molecule has 0 radical (unpaired) electrons. The van der Waals surface area contributed by atoms with E-state index in [0.717, 1.165) is 10.4 Å². The first-order valence-corrected chi connectivity index (χ1v) is 9.39. The first-order chi connectivity index (χ1) is 11.2. The molecule has 0 spiro atoms. The minimum absolute atomic E-state index is 0.0111. The molecule has 2 atom stereocenters. The monoisotopic (exact) mass is 378 g/mol. The van der Waals surface area contributed by atoms with E-state index in [0.29, 0.717) is 5.56 Å². The second-order valence-electron chi connectivity index (χ2n) is 5.94. The van der Waals surface area contributed by atoms with Crippen molar-refractivity contribution in [2.24, 2.45) is 5.92 Å². The van der Waals surface area contributed by atoms with Gasteiger partial charge in [-0.1, -0.05) is 17.7 Å². The van der Waals surface area contributed by atoms with E-state index in [1.54, 1.807) is 0 Å². The SMILES string of the molecule is CN(C)S(=O)(=O)C[C@@H]1COC[C@@H]1NC(=O)Cc1ccc(F)cc1Cl. The molecule has 6 nitrogen and oxygen atoms in total. The van der Waals surface area contributed by atoms with Gasteiger partial charge in [-0.25, -0.2) is 17.1 Å². The van der Waals surface area contributed by atoms with Crippen molar-refractivity contribution in [1.82, 2.24) is 9.62 Å². The van der Waals surface area contributed by atoms with E-state index in [9.17, 15) is 17.6 Å². The van der Waals surface area contributed by atoms with E-state index in [2.05, 4.69) is 5.32 Å². The molecular formula is C15H20ClFN2O4S. The summed E-state index contributed by atoms with van der Waals surface area (Å²) in [5, 5.41) is 2.96. The molecule has 2 rings (SSSR count). The van der Waals surface area contributed by atoms with E-state index < -0.39 is 15.8 Å². The molecule has 0 bridgehead atoms. The Morgan fingerprint density at radius 3 is 2.75 bits per heavy atom. The fourth-order valence-electron chi connectivity index (χ4n) is 2.44. The quantitative estimate of drug-likeness (QED) is 0.802. The normalized spacial score (nSPS) is 21.2. The van der Waals surface area contributed by atoms with Crippen molar-refractivity contribution in [3.8, 4) is 0 Å².